The van der Waals surface area contributed by atoms with E-state index in [2.05, 4.69) is 13.6 Å². The predicted molar refractivity (Wildman–Crippen MR) is 94.6 cm³/mol. The molecule has 8 heteroatoms. The van der Waals surface area contributed by atoms with E-state index in [1.165, 1.54) is 25.9 Å². The molecule has 1 unspecified atom stereocenters. The summed E-state index contributed by atoms with van der Waals surface area (Å²) in [5, 5.41) is 0. The third kappa shape index (κ3) is 2.96. The van der Waals surface area contributed by atoms with Crippen molar-refractivity contribution < 1.29 is 8.42 Å². The molecule has 6 nitrogen and oxygen atoms in total. The van der Waals surface area contributed by atoms with E-state index in [0.29, 0.717) is 35.1 Å². The van der Waals surface area contributed by atoms with E-state index >= 15 is 0 Å². The summed E-state index contributed by atoms with van der Waals surface area (Å²) in [7, 11) is -3.51. The third-order valence-corrected chi connectivity index (χ3v) is 7.65. The lowest BCUT2D eigenvalue weighted by Gasteiger charge is -2.26. The largest absolute Gasteiger partial charge is 0.300 e. The van der Waals surface area contributed by atoms with E-state index in [9.17, 15) is 8.42 Å². The fourth-order valence-corrected chi connectivity index (χ4v) is 6.14. The van der Waals surface area contributed by atoms with Crippen LogP contribution in [0.2, 0.25) is 0 Å². The quantitative estimate of drug-likeness (QED) is 0.834. The minimum atomic E-state index is -3.51. The molecule has 0 radical (unpaired) electrons. The summed E-state index contributed by atoms with van der Waals surface area (Å²) in [5.41, 5.74) is 1.16. The summed E-state index contributed by atoms with van der Waals surface area (Å²) < 4.78 is 36.3. The molecule has 130 valence electrons. The molecule has 0 spiro atoms. The van der Waals surface area contributed by atoms with E-state index in [1.807, 2.05) is 6.07 Å². The van der Waals surface area contributed by atoms with Gasteiger partial charge in [-0.05, 0) is 57.3 Å². The van der Waals surface area contributed by atoms with Crippen molar-refractivity contribution in [1.82, 2.24) is 18.0 Å². The van der Waals surface area contributed by atoms with Crippen molar-refractivity contribution in [3.63, 3.8) is 0 Å². The summed E-state index contributed by atoms with van der Waals surface area (Å²) in [5.74, 6) is 0. The Morgan fingerprint density at radius 3 is 2.67 bits per heavy atom. The van der Waals surface area contributed by atoms with Crippen LogP contribution in [-0.2, 0) is 10.0 Å². The van der Waals surface area contributed by atoms with Gasteiger partial charge in [-0.1, -0.05) is 6.07 Å². The van der Waals surface area contributed by atoms with Crippen LogP contribution in [0.4, 0.5) is 0 Å². The van der Waals surface area contributed by atoms with E-state index in [1.54, 1.807) is 16.4 Å². The number of benzene rings is 1. The highest BCUT2D eigenvalue weighted by Gasteiger charge is 2.31. The lowest BCUT2D eigenvalue weighted by atomic mass is 10.1. The zero-order chi connectivity index (χ0) is 16.6. The normalized spacial score (nSPS) is 24.4. The van der Waals surface area contributed by atoms with Gasteiger partial charge in [0.15, 0.2) is 0 Å². The first-order valence-electron chi connectivity index (χ1n) is 8.62. The van der Waals surface area contributed by atoms with Crippen LogP contribution < -0.4 is 0 Å². The van der Waals surface area contributed by atoms with E-state index in [4.69, 9.17) is 0 Å². The van der Waals surface area contributed by atoms with Gasteiger partial charge in [0.1, 0.15) is 15.9 Å². The minimum Gasteiger partial charge on any atom is -0.300 e. The lowest BCUT2D eigenvalue weighted by Crippen LogP contribution is -2.35. The van der Waals surface area contributed by atoms with Gasteiger partial charge in [0.2, 0.25) is 10.0 Å². The highest BCUT2D eigenvalue weighted by Crippen LogP contribution is 2.28. The van der Waals surface area contributed by atoms with Crippen molar-refractivity contribution in [3.8, 4) is 0 Å². The molecule has 0 saturated carbocycles. The second kappa shape index (κ2) is 6.67. The molecule has 3 heterocycles. The number of hydrogen-bond acceptors (Lipinski definition) is 6. The summed E-state index contributed by atoms with van der Waals surface area (Å²) in [6, 6.07) is 5.75. The molecular weight excluding hydrogens is 344 g/mol. The lowest BCUT2D eigenvalue weighted by molar-refractivity contribution is 0.223. The predicted octanol–water partition coefficient (Wildman–Crippen LogP) is 2.33. The van der Waals surface area contributed by atoms with E-state index in [0.717, 1.165) is 31.0 Å². The number of fused-ring (bicyclic) bond motifs is 1. The van der Waals surface area contributed by atoms with Crippen LogP contribution in [-0.4, -0.2) is 58.6 Å². The molecular formula is C16H22N4O2S2. The van der Waals surface area contributed by atoms with Crippen molar-refractivity contribution >= 4 is 32.8 Å². The average Bonchev–Trinajstić information content (AvgIpc) is 3.21. The Morgan fingerprint density at radius 1 is 1.00 bits per heavy atom. The van der Waals surface area contributed by atoms with Gasteiger partial charge in [-0.3, -0.25) is 0 Å². The van der Waals surface area contributed by atoms with Crippen molar-refractivity contribution in [2.75, 3.05) is 26.2 Å². The van der Waals surface area contributed by atoms with Gasteiger partial charge in [-0.2, -0.15) is 13.1 Å². The molecule has 0 amide bonds. The maximum Gasteiger partial charge on any atom is 0.245 e. The van der Waals surface area contributed by atoms with Gasteiger partial charge < -0.3 is 4.90 Å². The van der Waals surface area contributed by atoms with Gasteiger partial charge in [0.25, 0.3) is 0 Å². The second-order valence-electron chi connectivity index (χ2n) is 6.62. The van der Waals surface area contributed by atoms with Gasteiger partial charge in [0, 0.05) is 19.1 Å². The van der Waals surface area contributed by atoms with Crippen molar-refractivity contribution in [2.24, 2.45) is 0 Å². The van der Waals surface area contributed by atoms with Gasteiger partial charge >= 0.3 is 0 Å². The van der Waals surface area contributed by atoms with Crippen LogP contribution in [0.5, 0.6) is 0 Å². The first-order valence-corrected chi connectivity index (χ1v) is 10.8. The highest BCUT2D eigenvalue weighted by atomic mass is 32.2. The third-order valence-electron chi connectivity index (χ3n) is 5.18. The zero-order valence-electron chi connectivity index (χ0n) is 13.6. The SMILES string of the molecule is O=S(=O)(c1cccc2nsnc12)N1CCCC(N2CCCC2)CC1. The van der Waals surface area contributed by atoms with Gasteiger partial charge in [-0.25, -0.2) is 8.42 Å². The molecule has 0 N–H and O–H groups in total. The highest BCUT2D eigenvalue weighted by molar-refractivity contribution is 7.89. The van der Waals surface area contributed by atoms with Gasteiger partial charge in [-0.15, -0.1) is 0 Å². The number of sulfonamides is 1. The number of hydrogen-bond donors (Lipinski definition) is 0. The molecule has 1 aromatic carbocycles. The Labute approximate surface area is 146 Å². The van der Waals surface area contributed by atoms with E-state index in [-0.39, 0.29) is 0 Å². The number of nitrogens with zero attached hydrogens (tertiary/aromatic N) is 4. The van der Waals surface area contributed by atoms with Crippen LogP contribution in [0.1, 0.15) is 32.1 Å². The topological polar surface area (TPSA) is 66.4 Å². The molecule has 2 saturated heterocycles. The molecule has 2 aliphatic heterocycles. The standard InChI is InChI=1S/C16H22N4O2S2/c21-24(22,15-7-3-6-14-16(15)18-23-17-14)20-11-4-5-13(8-12-20)19-9-1-2-10-19/h3,6-7,13H,1-2,4-5,8-12H2. The number of rotatable bonds is 3. The van der Waals surface area contributed by atoms with Crippen LogP contribution in [0.3, 0.4) is 0 Å². The fourth-order valence-electron chi connectivity index (χ4n) is 3.89. The zero-order valence-corrected chi connectivity index (χ0v) is 15.2. The Bertz CT molecular complexity index is 814. The second-order valence-corrected chi connectivity index (χ2v) is 9.05. The summed E-state index contributed by atoms with van der Waals surface area (Å²) in [6.45, 7) is 3.53. The first kappa shape index (κ1) is 16.4. The van der Waals surface area contributed by atoms with Crippen molar-refractivity contribution in [1.29, 1.82) is 0 Å². The summed E-state index contributed by atoms with van der Waals surface area (Å²) in [4.78, 5) is 2.84. The Balaban J connectivity index is 1.57. The van der Waals surface area contributed by atoms with Crippen LogP contribution in [0, 0.1) is 0 Å². The van der Waals surface area contributed by atoms with E-state index < -0.39 is 10.0 Å². The first-order chi connectivity index (χ1) is 11.7. The molecule has 1 aromatic heterocycles. The molecule has 2 aliphatic rings. The summed E-state index contributed by atoms with van der Waals surface area (Å²) >= 11 is 1.06. The molecule has 4 rings (SSSR count). The molecule has 2 fully saturated rings. The van der Waals surface area contributed by atoms with Crippen molar-refractivity contribution in [3.05, 3.63) is 18.2 Å². The monoisotopic (exact) mass is 366 g/mol. The molecule has 24 heavy (non-hydrogen) atoms. The van der Waals surface area contributed by atoms with Crippen LogP contribution >= 0.6 is 11.7 Å². The van der Waals surface area contributed by atoms with Gasteiger partial charge in [0.05, 0.1) is 11.7 Å². The Kier molecular flexibility index (Phi) is 4.55. The van der Waals surface area contributed by atoms with Crippen LogP contribution in [0.15, 0.2) is 23.1 Å². The molecule has 0 aliphatic carbocycles. The minimum absolute atomic E-state index is 0.299. The molecule has 0 bridgehead atoms. The number of likely N-dealkylation sites (tertiary alicyclic amines) is 1. The smallest absolute Gasteiger partial charge is 0.245 e. The van der Waals surface area contributed by atoms with Crippen LogP contribution in [0.25, 0.3) is 11.0 Å². The molecule has 2 aromatic rings. The Hall–Kier alpha value is -1.09. The Morgan fingerprint density at radius 2 is 1.83 bits per heavy atom. The fraction of sp³-hybridized carbons (Fsp3) is 0.625. The average molecular weight is 367 g/mol. The maximum atomic E-state index is 13.1. The maximum absolute atomic E-state index is 13.1. The number of aromatic nitrogens is 2. The summed E-state index contributed by atoms with van der Waals surface area (Å²) in [6.07, 6.45) is 5.49. The van der Waals surface area contributed by atoms with Crippen molar-refractivity contribution in [2.45, 2.75) is 43.0 Å². The molecule has 1 atom stereocenters.